The Kier molecular flexibility index (Phi) is 4.40. The maximum absolute atomic E-state index is 6.52. The van der Waals surface area contributed by atoms with Gasteiger partial charge in [-0.25, -0.2) is 0 Å². The van der Waals surface area contributed by atoms with Gasteiger partial charge < -0.3 is 5.73 Å². The number of hydrogen-bond donors (Lipinski definition) is 1. The zero-order chi connectivity index (χ0) is 18.1. The Morgan fingerprint density at radius 1 is 0.885 bits per heavy atom. The number of nitrogens with two attached hydrogens (primary N) is 1. The zero-order valence-electron chi connectivity index (χ0n) is 14.7. The Hall–Kier alpha value is -2.77. The fourth-order valence-electron chi connectivity index (χ4n) is 3.67. The van der Waals surface area contributed by atoms with Gasteiger partial charge in [0.2, 0.25) is 0 Å². The molecule has 0 heterocycles. The van der Waals surface area contributed by atoms with Gasteiger partial charge in [0, 0.05) is 16.3 Å². The molecule has 0 spiro atoms. The maximum atomic E-state index is 6.52. The summed E-state index contributed by atoms with van der Waals surface area (Å²) in [6.07, 6.45) is 5.12. The number of anilines is 1. The van der Waals surface area contributed by atoms with E-state index in [1.165, 1.54) is 33.4 Å². The van der Waals surface area contributed by atoms with Gasteiger partial charge in [-0.2, -0.15) is 0 Å². The van der Waals surface area contributed by atoms with E-state index in [2.05, 4.69) is 55.5 Å². The van der Waals surface area contributed by atoms with Crippen molar-refractivity contribution in [1.29, 1.82) is 0 Å². The Balaban J connectivity index is 1.94. The second-order valence-electron chi connectivity index (χ2n) is 6.70. The van der Waals surface area contributed by atoms with Crippen molar-refractivity contribution in [2.75, 3.05) is 5.73 Å². The third-order valence-electron chi connectivity index (χ3n) is 4.83. The van der Waals surface area contributed by atoms with E-state index >= 15 is 0 Å². The number of halogens is 1. The van der Waals surface area contributed by atoms with Gasteiger partial charge >= 0.3 is 0 Å². The predicted molar refractivity (Wildman–Crippen MR) is 113 cm³/mol. The summed E-state index contributed by atoms with van der Waals surface area (Å²) in [5.41, 5.74) is 15.2. The van der Waals surface area contributed by atoms with E-state index in [1.54, 1.807) is 0 Å². The van der Waals surface area contributed by atoms with Crippen molar-refractivity contribution in [3.05, 3.63) is 105 Å². The molecule has 0 saturated carbocycles. The van der Waals surface area contributed by atoms with Gasteiger partial charge in [0.25, 0.3) is 0 Å². The topological polar surface area (TPSA) is 26.0 Å². The van der Waals surface area contributed by atoms with E-state index in [9.17, 15) is 0 Å². The summed E-state index contributed by atoms with van der Waals surface area (Å²) >= 11 is 6.52. The monoisotopic (exact) mass is 357 g/mol. The highest BCUT2D eigenvalue weighted by Gasteiger charge is 2.18. The molecule has 2 heteroatoms. The number of benzene rings is 3. The third kappa shape index (κ3) is 3.07. The summed E-state index contributed by atoms with van der Waals surface area (Å²) in [6.45, 7) is 2.20. The van der Waals surface area contributed by atoms with Crippen molar-refractivity contribution >= 4 is 35.0 Å². The highest BCUT2D eigenvalue weighted by molar-refractivity contribution is 6.32. The Morgan fingerprint density at radius 3 is 2.50 bits per heavy atom. The molecule has 128 valence electrons. The van der Waals surface area contributed by atoms with E-state index in [0.29, 0.717) is 0 Å². The van der Waals surface area contributed by atoms with Crippen LogP contribution in [0.4, 0.5) is 5.69 Å². The van der Waals surface area contributed by atoms with Gasteiger partial charge in [-0.15, -0.1) is 0 Å². The number of nitrogen functional groups attached to an aromatic ring is 1. The van der Waals surface area contributed by atoms with Crippen molar-refractivity contribution in [3.63, 3.8) is 0 Å². The summed E-state index contributed by atoms with van der Waals surface area (Å²) in [5, 5.41) is 0.779. The highest BCUT2D eigenvalue weighted by atomic mass is 35.5. The van der Waals surface area contributed by atoms with Gasteiger partial charge in [-0.3, -0.25) is 0 Å². The van der Waals surface area contributed by atoms with E-state index < -0.39 is 0 Å². The molecule has 0 unspecified atom stereocenters. The normalized spacial score (nSPS) is 14.4. The molecule has 0 fully saturated rings. The SMILES string of the molecule is C/C(Cc1cccc(N)c1)=C1/c2ccccc2C=Cc2c(Cl)cccc21. The van der Waals surface area contributed by atoms with E-state index in [0.717, 1.165) is 22.7 Å². The molecule has 0 saturated heterocycles. The van der Waals surface area contributed by atoms with Crippen molar-refractivity contribution < 1.29 is 0 Å². The second-order valence-corrected chi connectivity index (χ2v) is 7.11. The third-order valence-corrected chi connectivity index (χ3v) is 5.16. The van der Waals surface area contributed by atoms with Crippen LogP contribution in [0.3, 0.4) is 0 Å². The molecule has 3 aromatic rings. The first kappa shape index (κ1) is 16.7. The first-order chi connectivity index (χ1) is 12.6. The van der Waals surface area contributed by atoms with Crippen LogP contribution in [0.1, 0.15) is 34.7 Å². The average Bonchev–Trinajstić information content (AvgIpc) is 2.79. The van der Waals surface area contributed by atoms with Crippen molar-refractivity contribution in [3.8, 4) is 0 Å². The fourth-order valence-corrected chi connectivity index (χ4v) is 3.91. The molecule has 3 aromatic carbocycles. The lowest BCUT2D eigenvalue weighted by molar-refractivity contribution is 1.15. The summed E-state index contributed by atoms with van der Waals surface area (Å²) < 4.78 is 0. The van der Waals surface area contributed by atoms with Gasteiger partial charge in [0.05, 0.1) is 0 Å². The molecule has 1 nitrogen and oxygen atoms in total. The summed E-state index contributed by atoms with van der Waals surface area (Å²) in [4.78, 5) is 0. The quantitative estimate of drug-likeness (QED) is 0.409. The standard InChI is InChI=1S/C24H20ClN/c1-16(14-17-6-4-8-19(26)15-17)24-20-9-3-2-7-18(20)12-13-21-22(24)10-5-11-23(21)25/h2-13,15H,14,26H2,1H3/b24-16+. The van der Waals surface area contributed by atoms with Crippen LogP contribution in [0.25, 0.3) is 17.7 Å². The molecular weight excluding hydrogens is 338 g/mol. The number of allylic oxidation sites excluding steroid dienone is 1. The summed E-state index contributed by atoms with van der Waals surface area (Å²) in [7, 11) is 0. The van der Waals surface area contributed by atoms with Crippen molar-refractivity contribution in [2.24, 2.45) is 0 Å². The molecule has 0 amide bonds. The Labute approximate surface area is 159 Å². The first-order valence-corrected chi connectivity index (χ1v) is 9.12. The molecule has 0 atom stereocenters. The minimum absolute atomic E-state index is 0.779. The molecule has 4 rings (SSSR count). The largest absolute Gasteiger partial charge is 0.399 e. The van der Waals surface area contributed by atoms with Gasteiger partial charge in [-0.1, -0.05) is 77.9 Å². The predicted octanol–water partition coefficient (Wildman–Crippen LogP) is 6.47. The van der Waals surface area contributed by atoms with E-state index in [1.807, 2.05) is 30.3 Å². The van der Waals surface area contributed by atoms with Crippen LogP contribution >= 0.6 is 11.6 Å². The van der Waals surface area contributed by atoms with Crippen LogP contribution in [0.5, 0.6) is 0 Å². The Morgan fingerprint density at radius 2 is 1.65 bits per heavy atom. The maximum Gasteiger partial charge on any atom is 0.0484 e. The van der Waals surface area contributed by atoms with Crippen LogP contribution in [-0.2, 0) is 6.42 Å². The van der Waals surface area contributed by atoms with Gasteiger partial charge in [0.1, 0.15) is 0 Å². The molecule has 2 N–H and O–H groups in total. The molecule has 26 heavy (non-hydrogen) atoms. The van der Waals surface area contributed by atoms with Crippen molar-refractivity contribution in [2.45, 2.75) is 13.3 Å². The van der Waals surface area contributed by atoms with Gasteiger partial charge in [0.15, 0.2) is 0 Å². The lowest BCUT2D eigenvalue weighted by Gasteiger charge is -2.17. The lowest BCUT2D eigenvalue weighted by Crippen LogP contribution is -1.99. The average molecular weight is 358 g/mol. The highest BCUT2D eigenvalue weighted by Crippen LogP contribution is 2.39. The van der Waals surface area contributed by atoms with E-state index in [-0.39, 0.29) is 0 Å². The number of hydrogen-bond acceptors (Lipinski definition) is 1. The van der Waals surface area contributed by atoms with Crippen LogP contribution in [0.15, 0.2) is 72.3 Å². The minimum Gasteiger partial charge on any atom is -0.399 e. The van der Waals surface area contributed by atoms with Crippen LogP contribution in [0, 0.1) is 0 Å². The Bertz CT molecular complexity index is 1040. The molecule has 0 aromatic heterocycles. The number of rotatable bonds is 2. The zero-order valence-corrected chi connectivity index (χ0v) is 15.4. The first-order valence-electron chi connectivity index (χ1n) is 8.74. The second kappa shape index (κ2) is 6.86. The lowest BCUT2D eigenvalue weighted by atomic mass is 9.88. The summed E-state index contributed by atoms with van der Waals surface area (Å²) in [5.74, 6) is 0. The fraction of sp³-hybridized carbons (Fsp3) is 0.0833. The smallest absolute Gasteiger partial charge is 0.0484 e. The molecule has 1 aliphatic carbocycles. The number of fused-ring (bicyclic) bond motifs is 2. The molecular formula is C24H20ClN. The van der Waals surface area contributed by atoms with Gasteiger partial charge in [-0.05, 0) is 59.4 Å². The van der Waals surface area contributed by atoms with Crippen LogP contribution < -0.4 is 5.73 Å². The molecule has 0 radical (unpaired) electrons. The van der Waals surface area contributed by atoms with Crippen molar-refractivity contribution in [1.82, 2.24) is 0 Å². The van der Waals surface area contributed by atoms with Crippen LogP contribution in [0.2, 0.25) is 5.02 Å². The summed E-state index contributed by atoms with van der Waals surface area (Å²) in [6, 6.07) is 22.7. The van der Waals surface area contributed by atoms with E-state index in [4.69, 9.17) is 17.3 Å². The molecule has 0 bridgehead atoms. The minimum atomic E-state index is 0.779. The molecule has 1 aliphatic rings. The van der Waals surface area contributed by atoms with Crippen LogP contribution in [-0.4, -0.2) is 0 Å². The molecule has 0 aliphatic heterocycles.